The summed E-state index contributed by atoms with van der Waals surface area (Å²) in [4.78, 5) is 35.5. The minimum absolute atomic E-state index is 0.0845. The van der Waals surface area contributed by atoms with Gasteiger partial charge < -0.3 is 19.8 Å². The molecule has 3 rings (SSSR count). The highest BCUT2D eigenvalue weighted by molar-refractivity contribution is 9.10. The minimum atomic E-state index is -0.753. The second-order valence-electron chi connectivity index (χ2n) is 7.35. The van der Waals surface area contributed by atoms with E-state index in [0.717, 1.165) is 12.1 Å². The number of aryl methyl sites for hydroxylation is 2. The topological polar surface area (TPSA) is 106 Å². The Balaban J connectivity index is 1.93. The van der Waals surface area contributed by atoms with Crippen LogP contribution in [0.3, 0.4) is 0 Å². The van der Waals surface area contributed by atoms with Crippen LogP contribution in [0.1, 0.15) is 35.1 Å². The van der Waals surface area contributed by atoms with Crippen molar-refractivity contribution in [2.45, 2.75) is 33.8 Å². The fourth-order valence-electron chi connectivity index (χ4n) is 3.19. The number of pyridine rings is 1. The summed E-state index contributed by atoms with van der Waals surface area (Å²) in [5.74, 6) is -0.746. The number of aromatic amines is 1. The molecule has 0 aliphatic carbocycles. The molecular formula is C23H23BrF2N4O4. The molecule has 2 heterocycles. The highest BCUT2D eigenvalue weighted by Crippen LogP contribution is 2.32. The molecule has 0 atom stereocenters. The molecule has 0 aliphatic rings. The monoisotopic (exact) mass is 536 g/mol. The highest BCUT2D eigenvalue weighted by atomic mass is 79.9. The van der Waals surface area contributed by atoms with Gasteiger partial charge in [-0.05, 0) is 48.8 Å². The van der Waals surface area contributed by atoms with Crippen LogP contribution in [0.25, 0.3) is 0 Å². The zero-order valence-electron chi connectivity index (χ0n) is 18.8. The van der Waals surface area contributed by atoms with Crippen molar-refractivity contribution in [1.29, 1.82) is 0 Å². The van der Waals surface area contributed by atoms with Crippen molar-refractivity contribution in [3.63, 3.8) is 0 Å². The van der Waals surface area contributed by atoms with Crippen molar-refractivity contribution >= 4 is 27.7 Å². The van der Waals surface area contributed by atoms with Crippen LogP contribution in [0.15, 0.2) is 33.7 Å². The quantitative estimate of drug-likeness (QED) is 0.398. The van der Waals surface area contributed by atoms with Crippen LogP contribution in [0, 0.1) is 25.5 Å². The van der Waals surface area contributed by atoms with Gasteiger partial charge in [0.25, 0.3) is 5.56 Å². The summed E-state index contributed by atoms with van der Waals surface area (Å²) in [6.45, 7) is 5.09. The molecule has 0 amide bonds. The molecule has 34 heavy (non-hydrogen) atoms. The summed E-state index contributed by atoms with van der Waals surface area (Å²) in [5.41, 5.74) is 1.47. The Morgan fingerprint density at radius 3 is 2.71 bits per heavy atom. The van der Waals surface area contributed by atoms with Crippen molar-refractivity contribution in [2.24, 2.45) is 0 Å². The number of hydrogen-bond donors (Lipinski definition) is 2. The SMILES string of the molecule is CCOC(=O)CNc1nc(C)ncc1Cc1c(C)[nH]c(=O)c(Br)c1OCc1ccc(F)cc1F. The lowest BCUT2D eigenvalue weighted by molar-refractivity contribution is -0.140. The number of hydrogen-bond acceptors (Lipinski definition) is 7. The maximum absolute atomic E-state index is 14.1. The molecule has 2 N–H and O–H groups in total. The van der Waals surface area contributed by atoms with E-state index in [1.807, 2.05) is 0 Å². The summed E-state index contributed by atoms with van der Waals surface area (Å²) in [7, 11) is 0. The number of halogens is 3. The summed E-state index contributed by atoms with van der Waals surface area (Å²) in [6.07, 6.45) is 1.84. The van der Waals surface area contributed by atoms with Gasteiger partial charge in [-0.15, -0.1) is 0 Å². The van der Waals surface area contributed by atoms with Gasteiger partial charge in [0, 0.05) is 41.1 Å². The lowest BCUT2D eigenvalue weighted by Gasteiger charge is -2.17. The first kappa shape index (κ1) is 25.3. The number of esters is 1. The molecule has 0 bridgehead atoms. The molecular weight excluding hydrogens is 514 g/mol. The molecule has 0 saturated carbocycles. The Kier molecular flexibility index (Phi) is 8.32. The lowest BCUT2D eigenvalue weighted by Crippen LogP contribution is -2.19. The molecule has 1 aromatic carbocycles. The summed E-state index contributed by atoms with van der Waals surface area (Å²) in [5, 5.41) is 2.96. The number of rotatable bonds is 9. The van der Waals surface area contributed by atoms with Gasteiger partial charge in [-0.3, -0.25) is 9.59 Å². The molecule has 0 unspecified atom stereocenters. The van der Waals surface area contributed by atoms with Gasteiger partial charge in [0.1, 0.15) is 46.7 Å². The number of nitrogens with one attached hydrogen (secondary N) is 2. The van der Waals surface area contributed by atoms with E-state index in [1.54, 1.807) is 27.0 Å². The molecule has 180 valence electrons. The van der Waals surface area contributed by atoms with E-state index in [1.165, 1.54) is 6.07 Å². The highest BCUT2D eigenvalue weighted by Gasteiger charge is 2.19. The van der Waals surface area contributed by atoms with E-state index in [4.69, 9.17) is 9.47 Å². The Hall–Kier alpha value is -3.34. The van der Waals surface area contributed by atoms with Gasteiger partial charge in [-0.2, -0.15) is 0 Å². The number of nitrogens with zero attached hydrogens (tertiary/aromatic N) is 2. The molecule has 0 fully saturated rings. The Bertz CT molecular complexity index is 1270. The molecule has 0 saturated heterocycles. The number of aromatic nitrogens is 3. The van der Waals surface area contributed by atoms with E-state index in [-0.39, 0.29) is 42.0 Å². The molecule has 0 aliphatic heterocycles. The molecule has 2 aromatic heterocycles. The number of carbonyl (C=O) groups is 1. The first-order valence-electron chi connectivity index (χ1n) is 10.4. The molecule has 3 aromatic rings. The Morgan fingerprint density at radius 2 is 2.00 bits per heavy atom. The first-order valence-corrected chi connectivity index (χ1v) is 11.2. The third-order valence-electron chi connectivity index (χ3n) is 4.87. The summed E-state index contributed by atoms with van der Waals surface area (Å²) in [6, 6.07) is 3.18. The van der Waals surface area contributed by atoms with Crippen molar-refractivity contribution < 1.29 is 23.0 Å². The number of H-pyrrole nitrogens is 1. The number of ether oxygens (including phenoxy) is 2. The maximum Gasteiger partial charge on any atom is 0.325 e. The zero-order valence-corrected chi connectivity index (χ0v) is 20.4. The number of carbonyl (C=O) groups excluding carboxylic acids is 1. The van der Waals surface area contributed by atoms with Crippen LogP contribution in [0.4, 0.5) is 14.6 Å². The van der Waals surface area contributed by atoms with Crippen molar-refractivity contribution in [3.8, 4) is 5.75 Å². The van der Waals surface area contributed by atoms with Crippen LogP contribution >= 0.6 is 15.9 Å². The zero-order chi connectivity index (χ0) is 24.8. The third kappa shape index (κ3) is 6.16. The van der Waals surface area contributed by atoms with Crippen LogP contribution in [0.2, 0.25) is 0 Å². The van der Waals surface area contributed by atoms with E-state index in [0.29, 0.717) is 28.5 Å². The van der Waals surface area contributed by atoms with Gasteiger partial charge >= 0.3 is 5.97 Å². The van der Waals surface area contributed by atoms with E-state index in [2.05, 4.69) is 36.2 Å². The fourth-order valence-corrected chi connectivity index (χ4v) is 3.65. The van der Waals surface area contributed by atoms with Gasteiger partial charge in [-0.1, -0.05) is 0 Å². The average Bonchev–Trinajstić information content (AvgIpc) is 2.78. The van der Waals surface area contributed by atoms with E-state index >= 15 is 0 Å². The Morgan fingerprint density at radius 1 is 1.24 bits per heavy atom. The fraction of sp³-hybridized carbons (Fsp3) is 0.304. The largest absolute Gasteiger partial charge is 0.487 e. The smallest absolute Gasteiger partial charge is 0.325 e. The van der Waals surface area contributed by atoms with E-state index in [9.17, 15) is 18.4 Å². The molecule has 8 nitrogen and oxygen atoms in total. The van der Waals surface area contributed by atoms with E-state index < -0.39 is 23.2 Å². The van der Waals surface area contributed by atoms with Crippen molar-refractivity contribution in [2.75, 3.05) is 18.5 Å². The van der Waals surface area contributed by atoms with Gasteiger partial charge in [0.2, 0.25) is 0 Å². The predicted octanol–water partition coefficient (Wildman–Crippen LogP) is 3.97. The van der Waals surface area contributed by atoms with Gasteiger partial charge in [-0.25, -0.2) is 18.7 Å². The minimum Gasteiger partial charge on any atom is -0.487 e. The van der Waals surface area contributed by atoms with Crippen LogP contribution in [-0.2, 0) is 22.6 Å². The second-order valence-corrected chi connectivity index (χ2v) is 8.14. The van der Waals surface area contributed by atoms with Gasteiger partial charge in [0.05, 0.1) is 6.61 Å². The van der Waals surface area contributed by atoms with Crippen LogP contribution < -0.4 is 15.6 Å². The third-order valence-corrected chi connectivity index (χ3v) is 5.59. The standard InChI is InChI=1S/C23H23BrF2N4O4/c1-4-33-19(31)10-28-22-15(9-27-13(3)30-22)7-17-12(2)29-23(32)20(24)21(17)34-11-14-5-6-16(25)8-18(14)26/h5-6,8-9H,4,7,10-11H2,1-3H3,(H,29,32)(H,27,28,30). The Labute approximate surface area is 202 Å². The maximum atomic E-state index is 14.1. The second kappa shape index (κ2) is 11.2. The van der Waals surface area contributed by atoms with Crippen molar-refractivity contribution in [1.82, 2.24) is 15.0 Å². The first-order chi connectivity index (χ1) is 16.2. The number of benzene rings is 1. The normalized spacial score (nSPS) is 10.8. The van der Waals surface area contributed by atoms with Crippen LogP contribution in [-0.4, -0.2) is 34.1 Å². The molecule has 0 spiro atoms. The average molecular weight is 537 g/mol. The van der Waals surface area contributed by atoms with Gasteiger partial charge in [0.15, 0.2) is 0 Å². The summed E-state index contributed by atoms with van der Waals surface area (Å²) < 4.78 is 38.2. The molecule has 11 heteroatoms. The number of anilines is 1. The predicted molar refractivity (Wildman–Crippen MR) is 125 cm³/mol. The lowest BCUT2D eigenvalue weighted by atomic mass is 10.0. The summed E-state index contributed by atoms with van der Waals surface area (Å²) >= 11 is 3.25. The van der Waals surface area contributed by atoms with Crippen LogP contribution in [0.5, 0.6) is 5.75 Å². The van der Waals surface area contributed by atoms with Crippen molar-refractivity contribution in [3.05, 3.63) is 79.1 Å². The molecule has 0 radical (unpaired) electrons.